The van der Waals surface area contributed by atoms with E-state index >= 15 is 0 Å². The Bertz CT molecular complexity index is 1060. The molecule has 3 aromatic carbocycles. The predicted octanol–water partition coefficient (Wildman–Crippen LogP) is 5.14. The van der Waals surface area contributed by atoms with E-state index in [0.29, 0.717) is 5.56 Å². The highest BCUT2D eigenvalue weighted by Gasteiger charge is 2.35. The zero-order valence-electron chi connectivity index (χ0n) is 16.9. The number of benzene rings is 3. The van der Waals surface area contributed by atoms with Crippen LogP contribution in [-0.2, 0) is 0 Å². The van der Waals surface area contributed by atoms with Crippen LogP contribution >= 0.6 is 0 Å². The number of anilines is 2. The number of likely N-dealkylation sites (N-methyl/N-ethyl adjacent to an activating group) is 1. The molecular formula is C25H24N2O2. The highest BCUT2D eigenvalue weighted by atomic mass is 16.5. The summed E-state index contributed by atoms with van der Waals surface area (Å²) < 4.78 is 5.47. The quantitative estimate of drug-likeness (QED) is 0.624. The van der Waals surface area contributed by atoms with Crippen molar-refractivity contribution in [2.45, 2.75) is 13.1 Å². The van der Waals surface area contributed by atoms with Gasteiger partial charge in [0, 0.05) is 18.3 Å². The maximum Gasteiger partial charge on any atom is 0.262 e. The predicted molar refractivity (Wildman–Crippen MR) is 119 cm³/mol. The van der Waals surface area contributed by atoms with Crippen molar-refractivity contribution >= 4 is 23.4 Å². The first kappa shape index (κ1) is 18.8. The molecule has 4 rings (SSSR count). The standard InChI is InChI=1S/C25H24N2O2/c1-18-12-15-20(16-13-18)27-24(17-14-19-8-4-7-11-23(19)29-3)26(2)22-10-6-5-9-21(22)25(27)28/h4-17,24H,1-3H3/b17-14+. The number of hydrogen-bond acceptors (Lipinski definition) is 3. The van der Waals surface area contributed by atoms with Crippen molar-refractivity contribution in [2.24, 2.45) is 0 Å². The second-order valence-electron chi connectivity index (χ2n) is 7.15. The number of hydrogen-bond donors (Lipinski definition) is 0. The maximum atomic E-state index is 13.4. The minimum atomic E-state index is -0.259. The molecule has 1 aliphatic rings. The van der Waals surface area contributed by atoms with E-state index in [1.807, 2.05) is 104 Å². The van der Waals surface area contributed by atoms with Gasteiger partial charge in [-0.3, -0.25) is 9.69 Å². The molecule has 0 spiro atoms. The SMILES string of the molecule is COc1ccccc1/C=C/C1N(C)c2ccccc2C(=O)N1c1ccc(C)cc1. The molecule has 0 radical (unpaired) electrons. The lowest BCUT2D eigenvalue weighted by Gasteiger charge is -2.42. The Morgan fingerprint density at radius 1 is 0.931 bits per heavy atom. The molecule has 0 N–H and O–H groups in total. The van der Waals surface area contributed by atoms with Gasteiger partial charge in [-0.1, -0.05) is 54.1 Å². The molecule has 0 aliphatic carbocycles. The molecule has 3 aromatic rings. The first-order valence-corrected chi connectivity index (χ1v) is 9.63. The number of fused-ring (bicyclic) bond motifs is 1. The highest BCUT2D eigenvalue weighted by Crippen LogP contribution is 2.34. The summed E-state index contributed by atoms with van der Waals surface area (Å²) in [7, 11) is 3.68. The van der Waals surface area contributed by atoms with Gasteiger partial charge in [0.15, 0.2) is 0 Å². The van der Waals surface area contributed by atoms with Gasteiger partial charge in [-0.05, 0) is 43.3 Å². The summed E-state index contributed by atoms with van der Waals surface area (Å²) in [6, 6.07) is 23.7. The summed E-state index contributed by atoms with van der Waals surface area (Å²) in [4.78, 5) is 17.4. The number of methoxy groups -OCH3 is 1. The molecule has 146 valence electrons. The van der Waals surface area contributed by atoms with Crippen molar-refractivity contribution in [1.29, 1.82) is 0 Å². The number of rotatable bonds is 4. The van der Waals surface area contributed by atoms with Gasteiger partial charge in [0.2, 0.25) is 0 Å². The van der Waals surface area contributed by atoms with E-state index in [9.17, 15) is 4.79 Å². The lowest BCUT2D eigenvalue weighted by atomic mass is 10.0. The summed E-state index contributed by atoms with van der Waals surface area (Å²) in [5.41, 5.74) is 4.64. The first-order chi connectivity index (χ1) is 14.1. The van der Waals surface area contributed by atoms with Crippen LogP contribution in [0.15, 0.2) is 78.9 Å². The van der Waals surface area contributed by atoms with E-state index < -0.39 is 0 Å². The molecule has 0 aromatic heterocycles. The Kier molecular flexibility index (Phi) is 5.09. The van der Waals surface area contributed by atoms with Crippen molar-refractivity contribution in [3.05, 3.63) is 95.6 Å². The largest absolute Gasteiger partial charge is 0.496 e. The fraction of sp³-hybridized carbons (Fsp3) is 0.160. The van der Waals surface area contributed by atoms with E-state index in [1.54, 1.807) is 7.11 Å². The average molecular weight is 384 g/mol. The van der Waals surface area contributed by atoms with Crippen LogP contribution in [0.5, 0.6) is 5.75 Å². The lowest BCUT2D eigenvalue weighted by Crippen LogP contribution is -2.53. The van der Waals surface area contributed by atoms with Crippen LogP contribution in [0.25, 0.3) is 6.08 Å². The molecule has 0 saturated heterocycles. The van der Waals surface area contributed by atoms with Gasteiger partial charge in [-0.15, -0.1) is 0 Å². The first-order valence-electron chi connectivity index (χ1n) is 9.63. The second-order valence-corrected chi connectivity index (χ2v) is 7.15. The van der Waals surface area contributed by atoms with E-state index in [1.165, 1.54) is 0 Å². The summed E-state index contributed by atoms with van der Waals surface area (Å²) >= 11 is 0. The topological polar surface area (TPSA) is 32.8 Å². The smallest absolute Gasteiger partial charge is 0.262 e. The Morgan fingerprint density at radius 3 is 2.38 bits per heavy atom. The van der Waals surface area contributed by atoms with Crippen LogP contribution < -0.4 is 14.5 Å². The van der Waals surface area contributed by atoms with Crippen LogP contribution in [0, 0.1) is 6.92 Å². The van der Waals surface area contributed by atoms with E-state index in [2.05, 4.69) is 4.90 Å². The van der Waals surface area contributed by atoms with E-state index in [0.717, 1.165) is 28.3 Å². The molecule has 4 nitrogen and oxygen atoms in total. The molecule has 1 amide bonds. The van der Waals surface area contributed by atoms with Crippen molar-refractivity contribution in [2.75, 3.05) is 24.0 Å². The third kappa shape index (κ3) is 3.49. The lowest BCUT2D eigenvalue weighted by molar-refractivity contribution is 0.0975. The number of carbonyl (C=O) groups is 1. The van der Waals surface area contributed by atoms with Crippen molar-refractivity contribution < 1.29 is 9.53 Å². The molecule has 0 fully saturated rings. The summed E-state index contributed by atoms with van der Waals surface area (Å²) in [5.74, 6) is 0.799. The van der Waals surface area contributed by atoms with Gasteiger partial charge in [0.05, 0.1) is 18.4 Å². The zero-order chi connectivity index (χ0) is 20.4. The van der Waals surface area contributed by atoms with Gasteiger partial charge in [-0.2, -0.15) is 0 Å². The Hall–Kier alpha value is -3.53. The maximum absolute atomic E-state index is 13.4. The normalized spacial score (nSPS) is 16.2. The molecule has 0 saturated carbocycles. The van der Waals surface area contributed by atoms with Crippen molar-refractivity contribution in [1.82, 2.24) is 0 Å². The number of aryl methyl sites for hydroxylation is 1. The fourth-order valence-corrected chi connectivity index (χ4v) is 3.71. The fourth-order valence-electron chi connectivity index (χ4n) is 3.71. The number of para-hydroxylation sites is 2. The van der Waals surface area contributed by atoms with Crippen LogP contribution in [0.4, 0.5) is 11.4 Å². The third-order valence-electron chi connectivity index (χ3n) is 5.29. The number of nitrogens with zero attached hydrogens (tertiary/aromatic N) is 2. The molecule has 1 unspecified atom stereocenters. The molecular weight excluding hydrogens is 360 g/mol. The molecule has 1 atom stereocenters. The van der Waals surface area contributed by atoms with Gasteiger partial charge in [-0.25, -0.2) is 0 Å². The van der Waals surface area contributed by atoms with Crippen LogP contribution in [0.1, 0.15) is 21.5 Å². The van der Waals surface area contributed by atoms with Crippen LogP contribution in [0.2, 0.25) is 0 Å². The highest BCUT2D eigenvalue weighted by molar-refractivity contribution is 6.12. The Balaban J connectivity index is 1.80. The molecule has 1 heterocycles. The zero-order valence-corrected chi connectivity index (χ0v) is 16.9. The Morgan fingerprint density at radius 2 is 1.62 bits per heavy atom. The molecule has 1 aliphatic heterocycles. The van der Waals surface area contributed by atoms with E-state index in [-0.39, 0.29) is 12.1 Å². The van der Waals surface area contributed by atoms with Crippen molar-refractivity contribution in [3.63, 3.8) is 0 Å². The van der Waals surface area contributed by atoms with E-state index in [4.69, 9.17) is 4.74 Å². The summed E-state index contributed by atoms with van der Waals surface area (Å²) in [6.45, 7) is 2.04. The van der Waals surface area contributed by atoms with Crippen LogP contribution in [0.3, 0.4) is 0 Å². The molecule has 0 bridgehead atoms. The summed E-state index contributed by atoms with van der Waals surface area (Å²) in [6.07, 6.45) is 3.80. The Labute approximate surface area is 171 Å². The average Bonchev–Trinajstić information content (AvgIpc) is 2.76. The van der Waals surface area contributed by atoms with Gasteiger partial charge in [0.1, 0.15) is 11.9 Å². The summed E-state index contributed by atoms with van der Waals surface area (Å²) in [5, 5.41) is 0. The van der Waals surface area contributed by atoms with Gasteiger partial charge in [0.25, 0.3) is 5.91 Å². The second kappa shape index (κ2) is 7.84. The molecule has 29 heavy (non-hydrogen) atoms. The number of ether oxygens (including phenoxy) is 1. The minimum Gasteiger partial charge on any atom is -0.496 e. The molecule has 4 heteroatoms. The number of carbonyl (C=O) groups excluding carboxylic acids is 1. The van der Waals surface area contributed by atoms with Gasteiger partial charge >= 0.3 is 0 Å². The van der Waals surface area contributed by atoms with Gasteiger partial charge < -0.3 is 9.64 Å². The number of amides is 1. The monoisotopic (exact) mass is 384 g/mol. The van der Waals surface area contributed by atoms with Crippen LogP contribution in [-0.4, -0.2) is 26.2 Å². The third-order valence-corrected chi connectivity index (χ3v) is 5.29. The van der Waals surface area contributed by atoms with Crippen molar-refractivity contribution in [3.8, 4) is 5.75 Å². The minimum absolute atomic E-state index is 0.00257.